The van der Waals surface area contributed by atoms with Gasteiger partial charge in [-0.2, -0.15) is 0 Å². The number of nitrogens with one attached hydrogen (secondary N) is 2. The maximum atomic E-state index is 12.8. The molecule has 0 aliphatic carbocycles. The number of nitrogens with zero attached hydrogens (tertiary/aromatic N) is 2. The summed E-state index contributed by atoms with van der Waals surface area (Å²) in [4.78, 5) is 42.8. The highest BCUT2D eigenvalue weighted by Gasteiger charge is 2.31. The van der Waals surface area contributed by atoms with Crippen LogP contribution in [0.1, 0.15) is 49.1 Å². The van der Waals surface area contributed by atoms with E-state index in [1.165, 1.54) is 23.5 Å². The number of rotatable bonds is 8. The standard InChI is InChI=1S/C24H29F3N4O6S/c1-23(2,3)37-22(34)29-15-8-10-31(11-9-15)21(33)18-14-38-20(30-18)12-28-19(32)13-35-16-4-6-17(7-5-16)36-24(25,26)27/h4-7,14-15H,8-13H2,1-3H3,(H,28,32)(H,29,34). The normalized spacial score (nSPS) is 14.5. The number of hydrogen-bond donors (Lipinski definition) is 2. The number of amides is 3. The van der Waals surface area contributed by atoms with Crippen molar-refractivity contribution >= 4 is 29.2 Å². The lowest BCUT2D eigenvalue weighted by atomic mass is 10.1. The fourth-order valence-corrected chi connectivity index (χ4v) is 4.17. The molecular weight excluding hydrogens is 529 g/mol. The van der Waals surface area contributed by atoms with Gasteiger partial charge in [-0.3, -0.25) is 9.59 Å². The fourth-order valence-electron chi connectivity index (χ4n) is 3.47. The van der Waals surface area contributed by atoms with Gasteiger partial charge in [-0.1, -0.05) is 0 Å². The van der Waals surface area contributed by atoms with Crippen molar-refractivity contribution in [3.8, 4) is 11.5 Å². The summed E-state index contributed by atoms with van der Waals surface area (Å²) >= 11 is 1.23. The Labute approximate surface area is 221 Å². The zero-order chi connectivity index (χ0) is 27.9. The van der Waals surface area contributed by atoms with Gasteiger partial charge < -0.3 is 29.7 Å². The summed E-state index contributed by atoms with van der Waals surface area (Å²) in [6.45, 7) is 6.02. The van der Waals surface area contributed by atoms with E-state index in [4.69, 9.17) is 9.47 Å². The summed E-state index contributed by atoms with van der Waals surface area (Å²) < 4.78 is 50.9. The molecule has 3 amide bonds. The van der Waals surface area contributed by atoms with E-state index in [2.05, 4.69) is 20.4 Å². The maximum absolute atomic E-state index is 12.8. The minimum absolute atomic E-state index is 0.0801. The van der Waals surface area contributed by atoms with E-state index in [1.54, 1.807) is 31.1 Å². The number of carbonyl (C=O) groups excluding carboxylic acids is 3. The predicted molar refractivity (Wildman–Crippen MR) is 131 cm³/mol. The third kappa shape index (κ3) is 9.72. The van der Waals surface area contributed by atoms with Crippen molar-refractivity contribution in [1.82, 2.24) is 20.5 Å². The van der Waals surface area contributed by atoms with E-state index in [1.807, 2.05) is 0 Å². The van der Waals surface area contributed by atoms with Crippen molar-refractivity contribution in [2.45, 2.75) is 58.2 Å². The molecule has 0 radical (unpaired) electrons. The van der Waals surface area contributed by atoms with E-state index in [0.29, 0.717) is 30.9 Å². The Morgan fingerprint density at radius 1 is 1.08 bits per heavy atom. The number of ether oxygens (including phenoxy) is 3. The van der Waals surface area contributed by atoms with Gasteiger partial charge >= 0.3 is 12.5 Å². The minimum atomic E-state index is -4.79. The van der Waals surface area contributed by atoms with Gasteiger partial charge in [0.15, 0.2) is 6.61 Å². The molecule has 0 atom stereocenters. The summed E-state index contributed by atoms with van der Waals surface area (Å²) in [6, 6.07) is 4.58. The Morgan fingerprint density at radius 3 is 2.32 bits per heavy atom. The molecule has 0 saturated carbocycles. The van der Waals surface area contributed by atoms with Crippen molar-refractivity contribution in [3.63, 3.8) is 0 Å². The molecule has 3 rings (SSSR count). The third-order valence-electron chi connectivity index (χ3n) is 5.14. The van der Waals surface area contributed by atoms with Gasteiger partial charge in [-0.05, 0) is 57.9 Å². The number of halogens is 3. The van der Waals surface area contributed by atoms with Crippen molar-refractivity contribution in [2.75, 3.05) is 19.7 Å². The minimum Gasteiger partial charge on any atom is -0.484 e. The van der Waals surface area contributed by atoms with Crippen LogP contribution in [0.25, 0.3) is 0 Å². The smallest absolute Gasteiger partial charge is 0.484 e. The van der Waals surface area contributed by atoms with Gasteiger partial charge in [0.25, 0.3) is 11.8 Å². The molecule has 0 bridgehead atoms. The van der Waals surface area contributed by atoms with Gasteiger partial charge in [0.2, 0.25) is 0 Å². The molecule has 38 heavy (non-hydrogen) atoms. The first-order valence-corrected chi connectivity index (χ1v) is 12.6. The number of carbonyl (C=O) groups is 3. The average molecular weight is 559 g/mol. The Kier molecular flexibility index (Phi) is 9.41. The SMILES string of the molecule is CC(C)(C)OC(=O)NC1CCN(C(=O)c2csc(CNC(=O)COc3ccc(OC(F)(F)F)cc3)n2)CC1. The van der Waals surface area contributed by atoms with E-state index >= 15 is 0 Å². The number of alkyl halides is 3. The molecule has 2 heterocycles. The fraction of sp³-hybridized carbons (Fsp3) is 0.500. The first kappa shape index (κ1) is 29.0. The quantitative estimate of drug-likeness (QED) is 0.505. The second kappa shape index (κ2) is 12.3. The van der Waals surface area contributed by atoms with E-state index < -0.39 is 29.7 Å². The largest absolute Gasteiger partial charge is 0.573 e. The highest BCUT2D eigenvalue weighted by atomic mass is 32.1. The van der Waals surface area contributed by atoms with Gasteiger partial charge in [0, 0.05) is 24.5 Å². The van der Waals surface area contributed by atoms with Crippen LogP contribution in [-0.2, 0) is 16.1 Å². The molecule has 1 aromatic heterocycles. The molecule has 1 aromatic carbocycles. The van der Waals surface area contributed by atoms with Gasteiger partial charge in [0.05, 0.1) is 6.54 Å². The third-order valence-corrected chi connectivity index (χ3v) is 5.99. The summed E-state index contributed by atoms with van der Waals surface area (Å²) in [5, 5.41) is 7.59. The number of thiazole rings is 1. The lowest BCUT2D eigenvalue weighted by Gasteiger charge is -2.32. The van der Waals surface area contributed by atoms with Crippen molar-refractivity contribution in [2.24, 2.45) is 0 Å². The number of aromatic nitrogens is 1. The number of benzene rings is 1. The maximum Gasteiger partial charge on any atom is 0.573 e. The summed E-state index contributed by atoms with van der Waals surface area (Å²) in [5.41, 5.74) is -0.310. The van der Waals surface area contributed by atoms with Crippen LogP contribution in [0.5, 0.6) is 11.5 Å². The number of likely N-dealkylation sites (tertiary alicyclic amines) is 1. The molecule has 208 valence electrons. The first-order valence-electron chi connectivity index (χ1n) is 11.8. The zero-order valence-electron chi connectivity index (χ0n) is 21.1. The molecule has 1 fully saturated rings. The predicted octanol–water partition coefficient (Wildman–Crippen LogP) is 3.87. The molecule has 1 aliphatic rings. The van der Waals surface area contributed by atoms with Crippen LogP contribution in [0.3, 0.4) is 0 Å². The monoisotopic (exact) mass is 558 g/mol. The number of hydrogen-bond acceptors (Lipinski definition) is 8. The van der Waals surface area contributed by atoms with Crippen LogP contribution in [0.15, 0.2) is 29.6 Å². The summed E-state index contributed by atoms with van der Waals surface area (Å²) in [7, 11) is 0. The van der Waals surface area contributed by atoms with Crippen LogP contribution < -0.4 is 20.1 Å². The van der Waals surface area contributed by atoms with Crippen LogP contribution in [0.4, 0.5) is 18.0 Å². The Hall–Kier alpha value is -3.55. The van der Waals surface area contributed by atoms with Gasteiger partial charge in [-0.15, -0.1) is 24.5 Å². The van der Waals surface area contributed by atoms with E-state index in [0.717, 1.165) is 12.1 Å². The molecule has 1 aliphatic heterocycles. The molecule has 0 spiro atoms. The van der Waals surface area contributed by atoms with Crippen LogP contribution in [0.2, 0.25) is 0 Å². The zero-order valence-corrected chi connectivity index (χ0v) is 21.9. The van der Waals surface area contributed by atoms with Crippen LogP contribution >= 0.6 is 11.3 Å². The number of alkyl carbamates (subject to hydrolysis) is 1. The van der Waals surface area contributed by atoms with E-state index in [9.17, 15) is 27.6 Å². The molecule has 10 nitrogen and oxygen atoms in total. The summed E-state index contributed by atoms with van der Waals surface area (Å²) in [5.74, 6) is -0.897. The Morgan fingerprint density at radius 2 is 1.71 bits per heavy atom. The second-order valence-electron chi connectivity index (χ2n) is 9.42. The van der Waals surface area contributed by atoms with Crippen molar-refractivity contribution in [3.05, 3.63) is 40.3 Å². The lowest BCUT2D eigenvalue weighted by molar-refractivity contribution is -0.274. The van der Waals surface area contributed by atoms with Gasteiger partial charge in [-0.25, -0.2) is 9.78 Å². The highest BCUT2D eigenvalue weighted by molar-refractivity contribution is 7.09. The average Bonchev–Trinajstić information content (AvgIpc) is 3.29. The number of piperidine rings is 1. The summed E-state index contributed by atoms with van der Waals surface area (Å²) in [6.07, 6.45) is -4.08. The topological polar surface area (TPSA) is 119 Å². The van der Waals surface area contributed by atoms with Gasteiger partial charge in [0.1, 0.15) is 27.8 Å². The lowest BCUT2D eigenvalue weighted by Crippen LogP contribution is -2.47. The van der Waals surface area contributed by atoms with Crippen molar-refractivity contribution in [1.29, 1.82) is 0 Å². The van der Waals surface area contributed by atoms with Crippen LogP contribution in [0, 0.1) is 0 Å². The molecule has 14 heteroatoms. The second-order valence-corrected chi connectivity index (χ2v) is 10.4. The molecular formula is C24H29F3N4O6S. The Balaban J connectivity index is 1.38. The molecule has 2 aromatic rings. The molecule has 2 N–H and O–H groups in total. The van der Waals surface area contributed by atoms with E-state index in [-0.39, 0.29) is 36.5 Å². The molecule has 1 saturated heterocycles. The van der Waals surface area contributed by atoms with Crippen molar-refractivity contribution < 1.29 is 41.8 Å². The van der Waals surface area contributed by atoms with Crippen LogP contribution in [-0.4, -0.2) is 65.5 Å². The highest BCUT2D eigenvalue weighted by Crippen LogP contribution is 2.24. The Bertz CT molecular complexity index is 1110. The molecule has 0 unspecified atom stereocenters. The first-order chi connectivity index (χ1) is 17.8.